The van der Waals surface area contributed by atoms with Crippen LogP contribution in [-0.4, -0.2) is 6.67 Å². The summed E-state index contributed by atoms with van der Waals surface area (Å²) in [5.74, 6) is 0. The molecule has 0 saturated heterocycles. The second-order valence-corrected chi connectivity index (χ2v) is 3.17. The Labute approximate surface area is 72.9 Å². The van der Waals surface area contributed by atoms with Gasteiger partial charge in [-0.2, -0.15) is 0 Å². The summed E-state index contributed by atoms with van der Waals surface area (Å²) in [6.45, 7) is 1.34. The van der Waals surface area contributed by atoms with Crippen LogP contribution in [0.3, 0.4) is 0 Å². The Kier molecular flexibility index (Phi) is 5.48. The highest BCUT2D eigenvalue weighted by Crippen LogP contribution is 2.16. The summed E-state index contributed by atoms with van der Waals surface area (Å²) in [4.78, 5) is 0. The van der Waals surface area contributed by atoms with Crippen LogP contribution in [0.4, 0.5) is 4.39 Å². The lowest BCUT2D eigenvalue weighted by Crippen LogP contribution is -1.66. The van der Waals surface area contributed by atoms with Gasteiger partial charge in [0.15, 0.2) is 0 Å². The highest BCUT2D eigenvalue weighted by Gasteiger charge is 1.87. The highest BCUT2D eigenvalue weighted by atomic mass is 127. The van der Waals surface area contributed by atoms with Crippen LogP contribution in [0.1, 0.15) is 6.92 Å². The van der Waals surface area contributed by atoms with Crippen LogP contribution in [0.15, 0.2) is 20.8 Å². The molecule has 0 heterocycles. The smallest absolute Gasteiger partial charge is 0.108 e. The maximum atomic E-state index is 11.5. The van der Waals surface area contributed by atoms with Gasteiger partial charge >= 0.3 is 0 Å². The predicted octanol–water partition coefficient (Wildman–Crippen LogP) is 3.42. The van der Waals surface area contributed by atoms with Crippen molar-refractivity contribution in [2.45, 2.75) is 6.92 Å². The minimum Gasteiger partial charge on any atom is -0.247 e. The minimum atomic E-state index is -0.434. The Morgan fingerprint density at radius 2 is 2.33 bits per heavy atom. The third-order valence-electron chi connectivity index (χ3n) is 0.682. The lowest BCUT2D eigenvalue weighted by molar-refractivity contribution is 0.562. The first-order chi connectivity index (χ1) is 4.18. The zero-order valence-electron chi connectivity index (χ0n) is 5.00. The first kappa shape index (κ1) is 9.43. The van der Waals surface area contributed by atoms with Crippen LogP contribution < -0.4 is 0 Å². The van der Waals surface area contributed by atoms with Gasteiger partial charge in [0.1, 0.15) is 6.67 Å². The van der Waals surface area contributed by atoms with E-state index in [-0.39, 0.29) is 0 Å². The Morgan fingerprint density at radius 3 is 2.67 bits per heavy atom. The standard InChI is InChI=1S/C6H7ClFI/c1-5(7)6(9)3-2-4-8/h2-3H,4H2,1H3/b3-2-,6-5-. The molecule has 0 atom stereocenters. The van der Waals surface area contributed by atoms with Gasteiger partial charge in [0, 0.05) is 8.61 Å². The van der Waals surface area contributed by atoms with Crippen LogP contribution in [0.2, 0.25) is 0 Å². The zero-order chi connectivity index (χ0) is 7.28. The van der Waals surface area contributed by atoms with Crippen molar-refractivity contribution in [2.75, 3.05) is 6.67 Å². The van der Waals surface area contributed by atoms with Gasteiger partial charge in [-0.1, -0.05) is 17.7 Å². The first-order valence-electron chi connectivity index (χ1n) is 2.43. The molecule has 0 bridgehead atoms. The molecule has 0 radical (unpaired) electrons. The molecule has 0 N–H and O–H groups in total. The summed E-state index contributed by atoms with van der Waals surface area (Å²) >= 11 is 7.61. The zero-order valence-corrected chi connectivity index (χ0v) is 7.91. The molecule has 0 aliphatic carbocycles. The van der Waals surface area contributed by atoms with E-state index in [2.05, 4.69) is 0 Å². The maximum Gasteiger partial charge on any atom is 0.108 e. The Balaban J connectivity index is 3.91. The summed E-state index contributed by atoms with van der Waals surface area (Å²) in [6, 6.07) is 0. The fourth-order valence-electron chi connectivity index (χ4n) is 0.263. The number of alkyl halides is 1. The van der Waals surface area contributed by atoms with Crippen LogP contribution in [-0.2, 0) is 0 Å². The molecule has 0 aromatic carbocycles. The second-order valence-electron chi connectivity index (χ2n) is 1.44. The molecule has 0 nitrogen and oxygen atoms in total. The minimum absolute atomic E-state index is 0.434. The Bertz CT molecular complexity index is 136. The van der Waals surface area contributed by atoms with Crippen molar-refractivity contribution in [1.82, 2.24) is 0 Å². The van der Waals surface area contributed by atoms with Gasteiger partial charge in [0.2, 0.25) is 0 Å². The third-order valence-corrected chi connectivity index (χ3v) is 2.37. The largest absolute Gasteiger partial charge is 0.247 e. The molecular weight excluding hydrogens is 253 g/mol. The summed E-state index contributed by atoms with van der Waals surface area (Å²) in [6.07, 6.45) is 3.08. The van der Waals surface area contributed by atoms with E-state index in [9.17, 15) is 4.39 Å². The van der Waals surface area contributed by atoms with Crippen LogP contribution in [0, 0.1) is 0 Å². The lowest BCUT2D eigenvalue weighted by Gasteiger charge is -1.87. The topological polar surface area (TPSA) is 0 Å². The van der Waals surface area contributed by atoms with Crippen LogP contribution in [0.5, 0.6) is 0 Å². The molecule has 0 aliphatic rings. The Hall–Kier alpha value is 0.430. The second kappa shape index (κ2) is 5.23. The van der Waals surface area contributed by atoms with Gasteiger partial charge < -0.3 is 0 Å². The van der Waals surface area contributed by atoms with E-state index >= 15 is 0 Å². The average molecular weight is 260 g/mol. The number of halogens is 3. The third kappa shape index (κ3) is 4.90. The number of allylic oxidation sites excluding steroid dienone is 4. The van der Waals surface area contributed by atoms with E-state index in [1.54, 1.807) is 13.0 Å². The van der Waals surface area contributed by atoms with Crippen molar-refractivity contribution in [3.63, 3.8) is 0 Å². The van der Waals surface area contributed by atoms with Crippen molar-refractivity contribution in [3.05, 3.63) is 20.8 Å². The van der Waals surface area contributed by atoms with E-state index in [4.69, 9.17) is 11.6 Å². The number of hydrogen-bond acceptors (Lipinski definition) is 0. The molecule has 0 fully saturated rings. The van der Waals surface area contributed by atoms with Gasteiger partial charge in [-0.3, -0.25) is 0 Å². The molecule has 9 heavy (non-hydrogen) atoms. The average Bonchev–Trinajstić information content (AvgIpc) is 1.82. The summed E-state index contributed by atoms with van der Waals surface area (Å²) < 4.78 is 12.3. The normalized spacial score (nSPS) is 14.2. The molecule has 0 spiro atoms. The van der Waals surface area contributed by atoms with Crippen molar-refractivity contribution in [2.24, 2.45) is 0 Å². The van der Waals surface area contributed by atoms with Gasteiger partial charge in [-0.05, 0) is 35.6 Å². The first-order valence-corrected chi connectivity index (χ1v) is 3.88. The number of rotatable bonds is 2. The van der Waals surface area contributed by atoms with Gasteiger partial charge in [-0.25, -0.2) is 4.39 Å². The number of hydrogen-bond donors (Lipinski definition) is 0. The van der Waals surface area contributed by atoms with Crippen molar-refractivity contribution >= 4 is 34.2 Å². The SMILES string of the molecule is C/C(Cl)=C(I)\C=C/CF. The summed E-state index contributed by atoms with van der Waals surface area (Å²) in [5.41, 5.74) is 0. The van der Waals surface area contributed by atoms with E-state index in [0.717, 1.165) is 3.58 Å². The van der Waals surface area contributed by atoms with Gasteiger partial charge in [0.05, 0.1) is 0 Å². The van der Waals surface area contributed by atoms with Crippen molar-refractivity contribution < 1.29 is 4.39 Å². The molecule has 52 valence electrons. The monoisotopic (exact) mass is 260 g/mol. The molecule has 0 aromatic rings. The lowest BCUT2D eigenvalue weighted by atomic mass is 10.4. The molecule has 0 aliphatic heterocycles. The van der Waals surface area contributed by atoms with Crippen molar-refractivity contribution in [3.8, 4) is 0 Å². The van der Waals surface area contributed by atoms with E-state index in [1.165, 1.54) is 6.08 Å². The van der Waals surface area contributed by atoms with Crippen molar-refractivity contribution in [1.29, 1.82) is 0 Å². The quantitative estimate of drug-likeness (QED) is 0.527. The fraction of sp³-hybridized carbons (Fsp3) is 0.333. The summed E-state index contributed by atoms with van der Waals surface area (Å²) in [7, 11) is 0. The van der Waals surface area contributed by atoms with Gasteiger partial charge in [0.25, 0.3) is 0 Å². The molecule has 0 rings (SSSR count). The molecule has 0 unspecified atom stereocenters. The molecule has 0 aromatic heterocycles. The maximum absolute atomic E-state index is 11.5. The van der Waals surface area contributed by atoms with Gasteiger partial charge in [-0.15, -0.1) is 0 Å². The van der Waals surface area contributed by atoms with E-state index in [1.807, 2.05) is 22.6 Å². The van der Waals surface area contributed by atoms with Crippen LogP contribution >= 0.6 is 34.2 Å². The van der Waals surface area contributed by atoms with Crippen LogP contribution in [0.25, 0.3) is 0 Å². The van der Waals surface area contributed by atoms with E-state index < -0.39 is 6.67 Å². The highest BCUT2D eigenvalue weighted by molar-refractivity contribution is 14.1. The van der Waals surface area contributed by atoms with E-state index in [0.29, 0.717) is 5.03 Å². The predicted molar refractivity (Wildman–Crippen MR) is 47.7 cm³/mol. The molecule has 0 saturated carbocycles. The molecular formula is C6H7ClFI. The molecule has 3 heteroatoms. The molecule has 0 amide bonds. The summed E-state index contributed by atoms with van der Waals surface area (Å²) in [5, 5.41) is 0.695. The Morgan fingerprint density at radius 1 is 1.78 bits per heavy atom. The fourth-order valence-corrected chi connectivity index (χ4v) is 0.580.